The predicted molar refractivity (Wildman–Crippen MR) is 94.7 cm³/mol. The first kappa shape index (κ1) is 18.9. The first-order chi connectivity index (χ1) is 12.4. The highest BCUT2D eigenvalue weighted by Crippen LogP contribution is 2.25. The summed E-state index contributed by atoms with van der Waals surface area (Å²) in [6.45, 7) is 3.78. The van der Waals surface area contributed by atoms with Gasteiger partial charge in [-0.2, -0.15) is 0 Å². The van der Waals surface area contributed by atoms with Crippen LogP contribution in [0.3, 0.4) is 0 Å². The van der Waals surface area contributed by atoms with E-state index in [1.165, 1.54) is 24.3 Å². The van der Waals surface area contributed by atoms with Gasteiger partial charge < -0.3 is 4.74 Å². The Kier molecular flexibility index (Phi) is 6.26. The van der Waals surface area contributed by atoms with Gasteiger partial charge in [-0.05, 0) is 29.7 Å². The van der Waals surface area contributed by atoms with E-state index < -0.39 is 16.7 Å². The predicted octanol–water partition coefficient (Wildman–Crippen LogP) is 2.56. The summed E-state index contributed by atoms with van der Waals surface area (Å²) in [7, 11) is 0. The van der Waals surface area contributed by atoms with Crippen LogP contribution in [0, 0.1) is 10.1 Å². The zero-order valence-electron chi connectivity index (χ0n) is 14.4. The zero-order valence-corrected chi connectivity index (χ0v) is 14.4. The van der Waals surface area contributed by atoms with E-state index in [-0.39, 0.29) is 23.8 Å². The van der Waals surface area contributed by atoms with Crippen LogP contribution in [-0.2, 0) is 4.79 Å². The molecule has 0 saturated carbocycles. The molecule has 2 N–H and O–H groups in total. The van der Waals surface area contributed by atoms with Crippen LogP contribution in [0.2, 0.25) is 0 Å². The van der Waals surface area contributed by atoms with Gasteiger partial charge in [-0.15, -0.1) is 0 Å². The van der Waals surface area contributed by atoms with Gasteiger partial charge in [-0.25, -0.2) is 0 Å². The lowest BCUT2D eigenvalue weighted by Crippen LogP contribution is -2.43. The van der Waals surface area contributed by atoms with Crippen molar-refractivity contribution in [3.8, 4) is 5.75 Å². The Hall–Kier alpha value is -3.42. The molecule has 0 heterocycles. The molecule has 0 fully saturated rings. The van der Waals surface area contributed by atoms with Crippen LogP contribution in [0.25, 0.3) is 0 Å². The Morgan fingerprint density at radius 1 is 1.08 bits per heavy atom. The summed E-state index contributed by atoms with van der Waals surface area (Å²) in [5, 5.41) is 10.6. The molecule has 8 heteroatoms. The summed E-state index contributed by atoms with van der Waals surface area (Å²) in [6.07, 6.45) is 0. The molecule has 0 aliphatic heterocycles. The summed E-state index contributed by atoms with van der Waals surface area (Å²) in [6, 6.07) is 12.4. The molecule has 2 aromatic carbocycles. The Morgan fingerprint density at radius 3 is 2.35 bits per heavy atom. The number of carbonyl (C=O) groups excluding carboxylic acids is 2. The Balaban J connectivity index is 1.85. The highest BCUT2D eigenvalue weighted by atomic mass is 16.6. The second-order valence-electron chi connectivity index (χ2n) is 5.79. The van der Waals surface area contributed by atoms with Gasteiger partial charge in [0.05, 0.1) is 4.92 Å². The molecule has 0 unspecified atom stereocenters. The zero-order chi connectivity index (χ0) is 19.1. The second kappa shape index (κ2) is 8.61. The smallest absolute Gasteiger partial charge is 0.276 e. The van der Waals surface area contributed by atoms with E-state index in [9.17, 15) is 19.7 Å². The maximum absolute atomic E-state index is 11.9. The number of carbonyl (C=O) groups is 2. The third-order valence-electron chi connectivity index (χ3n) is 3.56. The fraction of sp³-hybridized carbons (Fsp3) is 0.222. The van der Waals surface area contributed by atoms with E-state index in [1.54, 1.807) is 6.07 Å². The van der Waals surface area contributed by atoms with E-state index in [0.717, 1.165) is 5.56 Å². The van der Waals surface area contributed by atoms with Crippen molar-refractivity contribution in [3.05, 3.63) is 69.8 Å². The highest BCUT2D eigenvalue weighted by molar-refractivity contribution is 5.95. The quantitative estimate of drug-likeness (QED) is 0.610. The molecule has 26 heavy (non-hydrogen) atoms. The average molecular weight is 357 g/mol. The molecule has 2 amide bonds. The SMILES string of the molecule is CC(C)c1ccccc1OCC(=O)NNC(=O)c1ccc([N+](=O)[O-])cc1. The molecule has 0 atom stereocenters. The van der Waals surface area contributed by atoms with Gasteiger partial charge in [0, 0.05) is 17.7 Å². The molecule has 0 radical (unpaired) electrons. The van der Waals surface area contributed by atoms with Crippen LogP contribution in [0.1, 0.15) is 35.7 Å². The largest absolute Gasteiger partial charge is 0.483 e. The van der Waals surface area contributed by atoms with E-state index in [4.69, 9.17) is 4.74 Å². The van der Waals surface area contributed by atoms with Crippen LogP contribution in [0.5, 0.6) is 5.75 Å². The van der Waals surface area contributed by atoms with E-state index in [1.807, 2.05) is 32.0 Å². The van der Waals surface area contributed by atoms with Gasteiger partial charge in [0.25, 0.3) is 17.5 Å². The van der Waals surface area contributed by atoms with Gasteiger partial charge in [-0.3, -0.25) is 30.6 Å². The first-order valence-electron chi connectivity index (χ1n) is 7.94. The number of para-hydroxylation sites is 1. The molecule has 0 spiro atoms. The minimum atomic E-state index is -0.587. The lowest BCUT2D eigenvalue weighted by Gasteiger charge is -2.14. The lowest BCUT2D eigenvalue weighted by atomic mass is 10.0. The van der Waals surface area contributed by atoms with E-state index in [2.05, 4.69) is 10.9 Å². The summed E-state index contributed by atoms with van der Waals surface area (Å²) in [5.74, 6) is -0.259. The molecule has 0 saturated heterocycles. The Bertz CT molecular complexity index is 803. The van der Waals surface area contributed by atoms with Gasteiger partial charge in [0.2, 0.25) is 0 Å². The number of hydrazine groups is 1. The fourth-order valence-electron chi connectivity index (χ4n) is 2.20. The maximum atomic E-state index is 11.9. The van der Waals surface area contributed by atoms with Crippen molar-refractivity contribution in [2.24, 2.45) is 0 Å². The second-order valence-corrected chi connectivity index (χ2v) is 5.79. The van der Waals surface area contributed by atoms with Crippen molar-refractivity contribution in [3.63, 3.8) is 0 Å². The molecule has 0 aliphatic carbocycles. The number of nitrogens with one attached hydrogen (secondary N) is 2. The van der Waals surface area contributed by atoms with E-state index in [0.29, 0.717) is 5.75 Å². The summed E-state index contributed by atoms with van der Waals surface area (Å²) in [5.41, 5.74) is 5.51. The van der Waals surface area contributed by atoms with Crippen LogP contribution >= 0.6 is 0 Å². The molecule has 0 bridgehead atoms. The molecule has 0 aromatic heterocycles. The third-order valence-corrected chi connectivity index (χ3v) is 3.56. The van der Waals surface area contributed by atoms with Crippen LogP contribution in [0.15, 0.2) is 48.5 Å². The number of amides is 2. The number of ether oxygens (including phenoxy) is 1. The third kappa shape index (κ3) is 5.04. The molecule has 8 nitrogen and oxygen atoms in total. The topological polar surface area (TPSA) is 111 Å². The van der Waals surface area contributed by atoms with Crippen molar-refractivity contribution in [1.29, 1.82) is 0 Å². The van der Waals surface area contributed by atoms with Gasteiger partial charge in [0.1, 0.15) is 5.75 Å². The lowest BCUT2D eigenvalue weighted by molar-refractivity contribution is -0.384. The average Bonchev–Trinajstić information content (AvgIpc) is 2.64. The van der Waals surface area contributed by atoms with E-state index >= 15 is 0 Å². The maximum Gasteiger partial charge on any atom is 0.276 e. The molecule has 0 aliphatic rings. The van der Waals surface area contributed by atoms with Crippen molar-refractivity contribution in [1.82, 2.24) is 10.9 Å². The Labute approximate surface area is 150 Å². The van der Waals surface area contributed by atoms with Crippen molar-refractivity contribution in [2.75, 3.05) is 6.61 Å². The standard InChI is InChI=1S/C18H19N3O5/c1-12(2)15-5-3-4-6-16(15)26-11-17(22)19-20-18(23)13-7-9-14(10-8-13)21(24)25/h3-10,12H,11H2,1-2H3,(H,19,22)(H,20,23). The highest BCUT2D eigenvalue weighted by Gasteiger charge is 2.12. The van der Waals surface area contributed by atoms with Crippen molar-refractivity contribution < 1.29 is 19.2 Å². The van der Waals surface area contributed by atoms with Gasteiger partial charge >= 0.3 is 0 Å². The number of hydrogen-bond donors (Lipinski definition) is 2. The number of non-ortho nitro benzene ring substituents is 1. The van der Waals surface area contributed by atoms with Crippen molar-refractivity contribution >= 4 is 17.5 Å². The number of nitrogens with zero attached hydrogens (tertiary/aromatic N) is 1. The minimum absolute atomic E-state index is 0.122. The number of benzene rings is 2. The molecule has 136 valence electrons. The number of rotatable bonds is 6. The number of nitro groups is 1. The fourth-order valence-corrected chi connectivity index (χ4v) is 2.20. The van der Waals surface area contributed by atoms with Crippen LogP contribution in [-0.4, -0.2) is 23.3 Å². The first-order valence-corrected chi connectivity index (χ1v) is 7.94. The summed E-state index contributed by atoms with van der Waals surface area (Å²) in [4.78, 5) is 33.8. The number of hydrogen-bond acceptors (Lipinski definition) is 5. The van der Waals surface area contributed by atoms with Gasteiger partial charge in [0.15, 0.2) is 6.61 Å². The van der Waals surface area contributed by atoms with Gasteiger partial charge in [-0.1, -0.05) is 32.0 Å². The summed E-state index contributed by atoms with van der Waals surface area (Å²) >= 11 is 0. The number of nitro benzene ring substituents is 1. The normalized spacial score (nSPS) is 10.3. The molecule has 2 aromatic rings. The van der Waals surface area contributed by atoms with Crippen LogP contribution < -0.4 is 15.6 Å². The Morgan fingerprint density at radius 2 is 1.73 bits per heavy atom. The molecular formula is C18H19N3O5. The minimum Gasteiger partial charge on any atom is -0.483 e. The molecule has 2 rings (SSSR count). The van der Waals surface area contributed by atoms with Crippen molar-refractivity contribution in [2.45, 2.75) is 19.8 Å². The van der Waals surface area contributed by atoms with Crippen LogP contribution in [0.4, 0.5) is 5.69 Å². The molecular weight excluding hydrogens is 338 g/mol. The monoisotopic (exact) mass is 357 g/mol. The summed E-state index contributed by atoms with van der Waals surface area (Å²) < 4.78 is 5.50.